The highest BCUT2D eigenvalue weighted by Crippen LogP contribution is 2.11. The Balaban J connectivity index is 2.64. The summed E-state index contributed by atoms with van der Waals surface area (Å²) in [6, 6.07) is 0.174. The number of piperidine rings is 1. The van der Waals surface area contributed by atoms with E-state index in [-0.39, 0.29) is 18.1 Å². The molecule has 0 radical (unpaired) electrons. The van der Waals surface area contributed by atoms with Gasteiger partial charge in [-0.15, -0.1) is 0 Å². The van der Waals surface area contributed by atoms with Crippen LogP contribution in [0, 0.1) is 0 Å². The van der Waals surface area contributed by atoms with Crippen molar-refractivity contribution in [2.75, 3.05) is 13.6 Å². The van der Waals surface area contributed by atoms with E-state index in [0.717, 1.165) is 19.4 Å². The van der Waals surface area contributed by atoms with Gasteiger partial charge in [0.15, 0.2) is 0 Å². The molecule has 5 nitrogen and oxygen atoms in total. The highest BCUT2D eigenvalue weighted by atomic mass is 32.2. The third-order valence-corrected chi connectivity index (χ3v) is 4.95. The van der Waals surface area contributed by atoms with Gasteiger partial charge in [-0.05, 0) is 40.2 Å². The molecule has 0 aromatic carbocycles. The Bertz CT molecular complexity index is 316. The van der Waals surface area contributed by atoms with E-state index in [9.17, 15) is 8.42 Å². The van der Waals surface area contributed by atoms with Gasteiger partial charge in [-0.2, -0.15) is 17.4 Å². The minimum Gasteiger partial charge on any atom is -0.313 e. The molecule has 0 bridgehead atoms. The molecular weight excluding hydrogens is 226 g/mol. The summed E-state index contributed by atoms with van der Waals surface area (Å²) in [5.41, 5.74) is 0. The van der Waals surface area contributed by atoms with E-state index in [0.29, 0.717) is 0 Å². The Labute approximate surface area is 98.8 Å². The number of rotatable bonds is 4. The Morgan fingerprint density at radius 1 is 1.44 bits per heavy atom. The molecule has 0 spiro atoms. The standard InChI is InChI=1S/C10H23N3O2S/c1-8(2)13(4)16(14,15)12-10-6-5-7-11-9(10)3/h8-12H,5-7H2,1-4H3. The van der Waals surface area contributed by atoms with Crippen LogP contribution in [0.3, 0.4) is 0 Å². The van der Waals surface area contributed by atoms with E-state index in [1.54, 1.807) is 7.05 Å². The van der Waals surface area contributed by atoms with Gasteiger partial charge < -0.3 is 5.32 Å². The van der Waals surface area contributed by atoms with E-state index >= 15 is 0 Å². The minimum absolute atomic E-state index is 0.0000463. The minimum atomic E-state index is -3.35. The first-order chi connectivity index (χ1) is 7.34. The van der Waals surface area contributed by atoms with E-state index in [1.807, 2.05) is 20.8 Å². The molecule has 1 heterocycles. The van der Waals surface area contributed by atoms with E-state index in [1.165, 1.54) is 4.31 Å². The lowest BCUT2D eigenvalue weighted by Gasteiger charge is -2.32. The molecule has 1 aliphatic rings. The zero-order valence-corrected chi connectivity index (χ0v) is 11.3. The van der Waals surface area contributed by atoms with Gasteiger partial charge in [0.25, 0.3) is 10.2 Å². The maximum Gasteiger partial charge on any atom is 0.279 e. The zero-order valence-electron chi connectivity index (χ0n) is 10.5. The summed E-state index contributed by atoms with van der Waals surface area (Å²) < 4.78 is 28.1. The van der Waals surface area contributed by atoms with Crippen LogP contribution in [0.15, 0.2) is 0 Å². The largest absolute Gasteiger partial charge is 0.313 e. The van der Waals surface area contributed by atoms with Crippen molar-refractivity contribution in [2.24, 2.45) is 0 Å². The molecule has 1 fully saturated rings. The third-order valence-electron chi connectivity index (χ3n) is 3.17. The molecule has 1 saturated heterocycles. The second-order valence-electron chi connectivity index (χ2n) is 4.72. The maximum atomic E-state index is 12.0. The van der Waals surface area contributed by atoms with Gasteiger partial charge >= 0.3 is 0 Å². The molecule has 2 unspecified atom stereocenters. The number of nitrogens with zero attached hydrogens (tertiary/aromatic N) is 1. The van der Waals surface area contributed by atoms with Crippen LogP contribution < -0.4 is 10.0 Å². The summed E-state index contributed by atoms with van der Waals surface area (Å²) in [7, 11) is -1.74. The highest BCUT2D eigenvalue weighted by Gasteiger charge is 2.28. The SMILES string of the molecule is CC1NCCCC1NS(=O)(=O)N(C)C(C)C. The van der Waals surface area contributed by atoms with Crippen LogP contribution in [0.25, 0.3) is 0 Å². The summed E-state index contributed by atoms with van der Waals surface area (Å²) in [5.74, 6) is 0. The molecule has 0 amide bonds. The summed E-state index contributed by atoms with van der Waals surface area (Å²) >= 11 is 0. The quantitative estimate of drug-likeness (QED) is 0.753. The van der Waals surface area contributed by atoms with Gasteiger partial charge in [-0.3, -0.25) is 0 Å². The Kier molecular flexibility index (Phi) is 4.73. The second kappa shape index (κ2) is 5.44. The van der Waals surface area contributed by atoms with Crippen LogP contribution in [-0.4, -0.2) is 44.4 Å². The first kappa shape index (κ1) is 13.9. The normalized spacial score (nSPS) is 27.6. The van der Waals surface area contributed by atoms with Crippen molar-refractivity contribution in [3.8, 4) is 0 Å². The van der Waals surface area contributed by atoms with Crippen LogP contribution in [-0.2, 0) is 10.2 Å². The lowest BCUT2D eigenvalue weighted by atomic mass is 10.0. The predicted octanol–water partition coefficient (Wildman–Crippen LogP) is 0.302. The topological polar surface area (TPSA) is 61.4 Å². The van der Waals surface area contributed by atoms with E-state index in [2.05, 4.69) is 10.0 Å². The van der Waals surface area contributed by atoms with Crippen molar-refractivity contribution in [1.29, 1.82) is 0 Å². The number of hydrogen-bond donors (Lipinski definition) is 2. The smallest absolute Gasteiger partial charge is 0.279 e. The fraction of sp³-hybridized carbons (Fsp3) is 1.00. The molecule has 0 aliphatic carbocycles. The van der Waals surface area contributed by atoms with Crippen molar-refractivity contribution in [1.82, 2.24) is 14.3 Å². The molecular formula is C10H23N3O2S. The molecule has 1 rings (SSSR count). The van der Waals surface area contributed by atoms with Gasteiger partial charge in [-0.25, -0.2) is 0 Å². The van der Waals surface area contributed by atoms with Gasteiger partial charge in [0.05, 0.1) is 0 Å². The van der Waals surface area contributed by atoms with Crippen LogP contribution >= 0.6 is 0 Å². The third kappa shape index (κ3) is 3.41. The monoisotopic (exact) mass is 249 g/mol. The summed E-state index contributed by atoms with van der Waals surface area (Å²) in [4.78, 5) is 0. The highest BCUT2D eigenvalue weighted by molar-refractivity contribution is 7.87. The second-order valence-corrected chi connectivity index (χ2v) is 6.49. The summed E-state index contributed by atoms with van der Waals surface area (Å²) in [5, 5.41) is 3.28. The van der Waals surface area contributed by atoms with E-state index < -0.39 is 10.2 Å². The van der Waals surface area contributed by atoms with Crippen LogP contribution in [0.1, 0.15) is 33.6 Å². The average Bonchev–Trinajstić information content (AvgIpc) is 2.20. The van der Waals surface area contributed by atoms with Crippen molar-refractivity contribution in [3.63, 3.8) is 0 Å². The lowest BCUT2D eigenvalue weighted by molar-refractivity contribution is 0.332. The molecule has 0 saturated carbocycles. The summed E-state index contributed by atoms with van der Waals surface area (Å²) in [6.45, 7) is 6.71. The van der Waals surface area contributed by atoms with Crippen molar-refractivity contribution in [2.45, 2.75) is 51.7 Å². The molecule has 96 valence electrons. The molecule has 6 heteroatoms. The van der Waals surface area contributed by atoms with Gasteiger partial charge in [0.1, 0.15) is 0 Å². The first-order valence-electron chi connectivity index (χ1n) is 5.83. The molecule has 0 aromatic rings. The fourth-order valence-corrected chi connectivity index (χ4v) is 3.18. The van der Waals surface area contributed by atoms with Crippen molar-refractivity contribution < 1.29 is 8.42 Å². The average molecular weight is 249 g/mol. The Morgan fingerprint density at radius 2 is 2.06 bits per heavy atom. The molecule has 2 atom stereocenters. The van der Waals surface area contributed by atoms with Crippen LogP contribution in [0.4, 0.5) is 0 Å². The maximum absolute atomic E-state index is 12.0. The first-order valence-corrected chi connectivity index (χ1v) is 7.27. The molecule has 16 heavy (non-hydrogen) atoms. The lowest BCUT2D eigenvalue weighted by Crippen LogP contribution is -2.55. The fourth-order valence-electron chi connectivity index (χ4n) is 1.76. The summed E-state index contributed by atoms with van der Waals surface area (Å²) in [6.07, 6.45) is 1.92. The zero-order chi connectivity index (χ0) is 12.3. The number of hydrogen-bond acceptors (Lipinski definition) is 3. The van der Waals surface area contributed by atoms with Gasteiger partial charge in [-0.1, -0.05) is 0 Å². The predicted molar refractivity (Wildman–Crippen MR) is 65.4 cm³/mol. The van der Waals surface area contributed by atoms with Crippen LogP contribution in [0.2, 0.25) is 0 Å². The van der Waals surface area contributed by atoms with Gasteiger partial charge in [0, 0.05) is 25.2 Å². The van der Waals surface area contributed by atoms with Crippen molar-refractivity contribution in [3.05, 3.63) is 0 Å². The molecule has 1 aliphatic heterocycles. The van der Waals surface area contributed by atoms with Crippen molar-refractivity contribution >= 4 is 10.2 Å². The van der Waals surface area contributed by atoms with E-state index in [4.69, 9.17) is 0 Å². The Hall–Kier alpha value is -0.170. The Morgan fingerprint density at radius 3 is 2.56 bits per heavy atom. The number of nitrogens with one attached hydrogen (secondary N) is 2. The molecule has 0 aromatic heterocycles. The van der Waals surface area contributed by atoms with Crippen LogP contribution in [0.5, 0.6) is 0 Å². The van der Waals surface area contributed by atoms with Gasteiger partial charge in [0.2, 0.25) is 0 Å². The molecule has 2 N–H and O–H groups in total.